The van der Waals surface area contributed by atoms with Crippen molar-refractivity contribution in [1.29, 1.82) is 0 Å². The third-order valence-electron chi connectivity index (χ3n) is 7.36. The van der Waals surface area contributed by atoms with Crippen LogP contribution in [-0.4, -0.2) is 43.2 Å². The van der Waals surface area contributed by atoms with E-state index in [1.165, 1.54) is 25.2 Å². The number of nitrogens with zero attached hydrogens (tertiary/aromatic N) is 4. The Morgan fingerprint density at radius 2 is 1.86 bits per heavy atom. The standard InChI is InChI=1S/C24H26F3N5O3/c1-12(15-5-4-6-16(20(15)25)21(26)27)28-22-18-10-32(19(34)7-17(18)23(35)30(3)29-22)24-8-14(9-24)31(11-24)13(2)33/h4-7,10,12-14,21,33H,8-9,11H2,1-3H3,(H,28,29)/t12-,13?,14?,24?/m1/s1. The Bertz CT molecular complexity index is 1430. The van der Waals surface area contributed by atoms with Gasteiger partial charge in [-0.3, -0.25) is 14.5 Å². The Labute approximate surface area is 198 Å². The van der Waals surface area contributed by atoms with Crippen molar-refractivity contribution >= 4 is 16.6 Å². The first-order valence-corrected chi connectivity index (χ1v) is 11.4. The highest BCUT2D eigenvalue weighted by Gasteiger charge is 2.57. The topological polar surface area (TPSA) is 92.4 Å². The molecule has 186 valence electrons. The Morgan fingerprint density at radius 1 is 1.17 bits per heavy atom. The fourth-order valence-corrected chi connectivity index (χ4v) is 5.51. The van der Waals surface area contributed by atoms with Gasteiger partial charge in [-0.2, -0.15) is 5.10 Å². The first-order chi connectivity index (χ1) is 16.5. The van der Waals surface area contributed by atoms with Gasteiger partial charge in [-0.1, -0.05) is 18.2 Å². The molecule has 2 N–H and O–H groups in total. The quantitative estimate of drug-likeness (QED) is 0.553. The second kappa shape index (κ2) is 8.20. The Balaban J connectivity index is 1.59. The van der Waals surface area contributed by atoms with E-state index in [4.69, 9.17) is 0 Å². The van der Waals surface area contributed by atoms with Gasteiger partial charge < -0.3 is 15.0 Å². The average molecular weight is 489 g/mol. The fourth-order valence-electron chi connectivity index (χ4n) is 5.51. The molecule has 2 bridgehead atoms. The number of rotatable bonds is 6. The molecule has 35 heavy (non-hydrogen) atoms. The van der Waals surface area contributed by atoms with Crippen LogP contribution < -0.4 is 16.4 Å². The van der Waals surface area contributed by atoms with Crippen LogP contribution in [0.3, 0.4) is 0 Å². The Morgan fingerprint density at radius 3 is 2.49 bits per heavy atom. The molecule has 6 rings (SSSR count). The molecule has 2 aliphatic heterocycles. The minimum atomic E-state index is -2.95. The molecular formula is C24H26F3N5O3. The summed E-state index contributed by atoms with van der Waals surface area (Å²) in [6, 6.07) is 4.52. The maximum absolute atomic E-state index is 14.7. The van der Waals surface area contributed by atoms with Crippen LogP contribution >= 0.6 is 0 Å². The molecule has 3 aromatic rings. The predicted octanol–water partition coefficient (Wildman–Crippen LogP) is 2.86. The molecular weight excluding hydrogens is 463 g/mol. The lowest BCUT2D eigenvalue weighted by molar-refractivity contribution is 0.0166. The predicted molar refractivity (Wildman–Crippen MR) is 124 cm³/mol. The van der Waals surface area contributed by atoms with Gasteiger partial charge in [0.1, 0.15) is 12.0 Å². The summed E-state index contributed by atoms with van der Waals surface area (Å²) in [4.78, 5) is 27.8. The number of aliphatic hydroxyl groups excluding tert-OH is 1. The van der Waals surface area contributed by atoms with Crippen molar-refractivity contribution < 1.29 is 18.3 Å². The summed E-state index contributed by atoms with van der Waals surface area (Å²) in [5, 5.41) is 17.9. The van der Waals surface area contributed by atoms with E-state index in [2.05, 4.69) is 10.4 Å². The lowest BCUT2D eigenvalue weighted by Gasteiger charge is -2.39. The summed E-state index contributed by atoms with van der Waals surface area (Å²) in [5.74, 6) is -0.778. The lowest BCUT2D eigenvalue weighted by Crippen LogP contribution is -2.48. The number of pyridine rings is 1. The monoisotopic (exact) mass is 489 g/mol. The number of nitrogens with one attached hydrogen (secondary N) is 1. The Hall–Kier alpha value is -3.18. The SMILES string of the molecule is CC(O)N1CC2(n3cc4c(N[C@H](C)c5cccc(C(F)F)c5F)nn(C)c(=O)c4cc3=O)CC1C2. The molecule has 1 aliphatic carbocycles. The third kappa shape index (κ3) is 3.64. The number of halogens is 3. The van der Waals surface area contributed by atoms with Gasteiger partial charge in [0, 0.05) is 42.8 Å². The molecule has 11 heteroatoms. The molecule has 1 saturated carbocycles. The Kier molecular flexibility index (Phi) is 5.52. The highest BCUT2D eigenvalue weighted by atomic mass is 19.3. The maximum atomic E-state index is 14.7. The number of aryl methyl sites for hydroxylation is 1. The zero-order valence-corrected chi connectivity index (χ0v) is 19.5. The van der Waals surface area contributed by atoms with E-state index in [9.17, 15) is 27.9 Å². The van der Waals surface area contributed by atoms with Crippen LogP contribution in [0, 0.1) is 5.82 Å². The number of hydrogen-bond donors (Lipinski definition) is 2. The molecule has 3 aliphatic rings. The first kappa shape index (κ1) is 23.6. The van der Waals surface area contributed by atoms with Gasteiger partial charge >= 0.3 is 0 Å². The van der Waals surface area contributed by atoms with E-state index < -0.39 is 41.2 Å². The summed E-state index contributed by atoms with van der Waals surface area (Å²) in [6.07, 6.45) is -0.592. The minimum absolute atomic E-state index is 0.0312. The van der Waals surface area contributed by atoms with E-state index >= 15 is 0 Å². The molecule has 0 amide bonds. The van der Waals surface area contributed by atoms with Crippen molar-refractivity contribution in [3.63, 3.8) is 0 Å². The van der Waals surface area contributed by atoms with Crippen LogP contribution in [-0.2, 0) is 12.6 Å². The molecule has 1 unspecified atom stereocenters. The molecule has 2 aromatic heterocycles. The van der Waals surface area contributed by atoms with Gasteiger partial charge in [0.2, 0.25) is 0 Å². The van der Waals surface area contributed by atoms with Crippen LogP contribution in [0.1, 0.15) is 50.3 Å². The zero-order chi connectivity index (χ0) is 25.2. The number of hydrogen-bond acceptors (Lipinski definition) is 6. The number of fused-ring (bicyclic) bond motifs is 2. The maximum Gasteiger partial charge on any atom is 0.274 e. The van der Waals surface area contributed by atoms with Crippen LogP contribution in [0.25, 0.3) is 10.8 Å². The first-order valence-electron chi connectivity index (χ1n) is 11.4. The lowest BCUT2D eigenvalue weighted by atomic mass is 9.77. The van der Waals surface area contributed by atoms with Crippen LogP contribution in [0.2, 0.25) is 0 Å². The number of aromatic nitrogens is 3. The third-order valence-corrected chi connectivity index (χ3v) is 7.36. The number of alkyl halides is 2. The average Bonchev–Trinajstić information content (AvgIpc) is 3.34. The largest absolute Gasteiger partial charge is 0.379 e. The van der Waals surface area contributed by atoms with Crippen molar-refractivity contribution in [2.24, 2.45) is 7.05 Å². The van der Waals surface area contributed by atoms with Gasteiger partial charge in [0.15, 0.2) is 5.82 Å². The highest BCUT2D eigenvalue weighted by molar-refractivity contribution is 5.90. The zero-order valence-electron chi connectivity index (χ0n) is 19.5. The van der Waals surface area contributed by atoms with E-state index in [1.807, 2.05) is 4.90 Å². The highest BCUT2D eigenvalue weighted by Crippen LogP contribution is 2.50. The molecule has 8 nitrogen and oxygen atoms in total. The second-order valence-electron chi connectivity index (χ2n) is 9.59. The van der Waals surface area contributed by atoms with Crippen molar-refractivity contribution in [1.82, 2.24) is 19.2 Å². The van der Waals surface area contributed by atoms with E-state index in [0.717, 1.165) is 10.7 Å². The van der Waals surface area contributed by atoms with Crippen molar-refractivity contribution in [3.8, 4) is 0 Å². The van der Waals surface area contributed by atoms with Crippen molar-refractivity contribution in [2.75, 3.05) is 11.9 Å². The molecule has 3 fully saturated rings. The summed E-state index contributed by atoms with van der Waals surface area (Å²) < 4.78 is 43.8. The molecule has 1 aromatic carbocycles. The van der Waals surface area contributed by atoms with Gasteiger partial charge in [-0.05, 0) is 26.7 Å². The van der Waals surface area contributed by atoms with Gasteiger partial charge in [-0.25, -0.2) is 17.9 Å². The molecule has 0 spiro atoms. The van der Waals surface area contributed by atoms with Crippen LogP contribution in [0.5, 0.6) is 0 Å². The van der Waals surface area contributed by atoms with Gasteiger partial charge in [-0.15, -0.1) is 0 Å². The molecule has 2 atom stereocenters. The van der Waals surface area contributed by atoms with Gasteiger partial charge in [0.25, 0.3) is 17.5 Å². The molecule has 2 saturated heterocycles. The van der Waals surface area contributed by atoms with Crippen LogP contribution in [0.4, 0.5) is 19.0 Å². The van der Waals surface area contributed by atoms with E-state index in [0.29, 0.717) is 24.8 Å². The summed E-state index contributed by atoms with van der Waals surface area (Å²) >= 11 is 0. The van der Waals surface area contributed by atoms with Crippen molar-refractivity contribution in [2.45, 2.75) is 57.0 Å². The van der Waals surface area contributed by atoms with E-state index in [-0.39, 0.29) is 28.4 Å². The van der Waals surface area contributed by atoms with Gasteiger partial charge in [0.05, 0.1) is 22.5 Å². The van der Waals surface area contributed by atoms with Crippen molar-refractivity contribution in [3.05, 3.63) is 68.1 Å². The molecule has 4 heterocycles. The summed E-state index contributed by atoms with van der Waals surface area (Å²) in [5.41, 5.74) is -1.94. The minimum Gasteiger partial charge on any atom is -0.379 e. The summed E-state index contributed by atoms with van der Waals surface area (Å²) in [7, 11) is 1.44. The smallest absolute Gasteiger partial charge is 0.274 e. The number of anilines is 1. The van der Waals surface area contributed by atoms with Crippen LogP contribution in [0.15, 0.2) is 40.1 Å². The fraction of sp³-hybridized carbons (Fsp3) is 0.458. The molecule has 0 radical (unpaired) electrons. The summed E-state index contributed by atoms with van der Waals surface area (Å²) in [6.45, 7) is 3.80. The second-order valence-corrected chi connectivity index (χ2v) is 9.59. The normalized spacial score (nSPS) is 23.5. The number of aliphatic hydroxyl groups is 1. The van der Waals surface area contributed by atoms with E-state index in [1.54, 1.807) is 24.6 Å². The number of benzene rings is 1.